The second-order valence-corrected chi connectivity index (χ2v) is 6.44. The van der Waals surface area contributed by atoms with Crippen molar-refractivity contribution in [3.8, 4) is 0 Å². The van der Waals surface area contributed by atoms with Gasteiger partial charge in [0.2, 0.25) is 5.91 Å². The van der Waals surface area contributed by atoms with Crippen molar-refractivity contribution in [2.24, 2.45) is 11.1 Å². The van der Waals surface area contributed by atoms with E-state index in [0.717, 1.165) is 5.56 Å². The van der Waals surface area contributed by atoms with Gasteiger partial charge in [-0.1, -0.05) is 20.8 Å². The van der Waals surface area contributed by atoms with Gasteiger partial charge in [0, 0.05) is 24.1 Å². The smallest absolute Gasteiger partial charge is 0.274 e. The Labute approximate surface area is 124 Å². The first-order valence-corrected chi connectivity index (χ1v) is 6.83. The largest absolute Gasteiger partial charge is 0.327 e. The van der Waals surface area contributed by atoms with E-state index in [2.05, 4.69) is 5.32 Å². The summed E-state index contributed by atoms with van der Waals surface area (Å²) in [5.74, 6) is -0.237. The average Bonchev–Trinajstić information content (AvgIpc) is 2.30. The Bertz CT molecular complexity index is 562. The Morgan fingerprint density at radius 1 is 1.33 bits per heavy atom. The second-order valence-electron chi connectivity index (χ2n) is 6.44. The van der Waals surface area contributed by atoms with Crippen molar-refractivity contribution in [3.05, 3.63) is 33.4 Å². The summed E-state index contributed by atoms with van der Waals surface area (Å²) in [4.78, 5) is 22.5. The summed E-state index contributed by atoms with van der Waals surface area (Å²) in [6.45, 7) is 9.37. The fraction of sp³-hybridized carbons (Fsp3) is 0.533. The van der Waals surface area contributed by atoms with Crippen LogP contribution in [0.5, 0.6) is 0 Å². The molecule has 0 aromatic heterocycles. The molecule has 6 nitrogen and oxygen atoms in total. The number of hydrogen-bond acceptors (Lipinski definition) is 4. The molecule has 0 bridgehead atoms. The zero-order valence-electron chi connectivity index (χ0n) is 13.2. The van der Waals surface area contributed by atoms with Crippen LogP contribution in [0.3, 0.4) is 0 Å². The maximum absolute atomic E-state index is 12.0. The molecule has 1 aromatic rings. The highest BCUT2D eigenvalue weighted by molar-refractivity contribution is 5.92. The number of anilines is 1. The Hall–Kier alpha value is -1.95. The number of carbonyl (C=O) groups is 1. The van der Waals surface area contributed by atoms with Gasteiger partial charge in [-0.3, -0.25) is 14.9 Å². The number of aryl methyl sites for hydroxylation is 2. The molecule has 1 amide bonds. The minimum Gasteiger partial charge on any atom is -0.327 e. The summed E-state index contributed by atoms with van der Waals surface area (Å²) >= 11 is 0. The number of nitrogens with two attached hydrogens (primary N) is 1. The summed E-state index contributed by atoms with van der Waals surface area (Å²) in [5.41, 5.74) is 7.61. The highest BCUT2D eigenvalue weighted by Gasteiger charge is 2.23. The quantitative estimate of drug-likeness (QED) is 0.658. The van der Waals surface area contributed by atoms with Gasteiger partial charge in [-0.05, 0) is 30.9 Å². The Kier molecular flexibility index (Phi) is 5.06. The fourth-order valence-corrected chi connectivity index (χ4v) is 1.88. The number of nitrogens with one attached hydrogen (secondary N) is 1. The summed E-state index contributed by atoms with van der Waals surface area (Å²) in [5, 5.41) is 13.7. The second kappa shape index (κ2) is 6.22. The third-order valence-electron chi connectivity index (χ3n) is 3.53. The molecule has 0 radical (unpaired) electrons. The van der Waals surface area contributed by atoms with Crippen LogP contribution in [0.2, 0.25) is 0 Å². The van der Waals surface area contributed by atoms with Gasteiger partial charge < -0.3 is 11.1 Å². The molecule has 0 aliphatic carbocycles. The van der Waals surface area contributed by atoms with Gasteiger partial charge in [-0.15, -0.1) is 0 Å². The van der Waals surface area contributed by atoms with Crippen molar-refractivity contribution in [1.82, 2.24) is 0 Å². The number of benzene rings is 1. The van der Waals surface area contributed by atoms with Crippen molar-refractivity contribution < 1.29 is 9.72 Å². The van der Waals surface area contributed by atoms with Crippen LogP contribution in [-0.4, -0.2) is 16.9 Å². The normalized spacial score (nSPS) is 12.9. The van der Waals surface area contributed by atoms with Crippen LogP contribution in [0.4, 0.5) is 11.4 Å². The molecule has 0 aliphatic heterocycles. The number of carbonyl (C=O) groups excluding carboxylic acids is 1. The van der Waals surface area contributed by atoms with E-state index in [0.29, 0.717) is 11.3 Å². The van der Waals surface area contributed by atoms with Gasteiger partial charge >= 0.3 is 0 Å². The van der Waals surface area contributed by atoms with E-state index in [1.807, 2.05) is 20.8 Å². The predicted molar refractivity (Wildman–Crippen MR) is 83.2 cm³/mol. The van der Waals surface area contributed by atoms with Gasteiger partial charge in [-0.2, -0.15) is 0 Å². The van der Waals surface area contributed by atoms with Crippen molar-refractivity contribution >= 4 is 17.3 Å². The molecular formula is C15H23N3O3. The average molecular weight is 293 g/mol. The molecule has 3 N–H and O–H groups in total. The summed E-state index contributed by atoms with van der Waals surface area (Å²) in [7, 11) is 0. The molecule has 1 unspecified atom stereocenters. The van der Waals surface area contributed by atoms with E-state index in [-0.39, 0.29) is 29.5 Å². The van der Waals surface area contributed by atoms with Gasteiger partial charge in [0.25, 0.3) is 5.69 Å². The molecule has 0 heterocycles. The first-order valence-electron chi connectivity index (χ1n) is 6.83. The molecule has 0 spiro atoms. The minimum atomic E-state index is -0.453. The number of nitro benzene ring substituents is 1. The summed E-state index contributed by atoms with van der Waals surface area (Å²) in [6.07, 6.45) is 0.171. The maximum atomic E-state index is 12.0. The van der Waals surface area contributed by atoms with E-state index < -0.39 is 4.92 Å². The molecule has 21 heavy (non-hydrogen) atoms. The van der Waals surface area contributed by atoms with Crippen molar-refractivity contribution in [2.45, 2.75) is 47.1 Å². The Morgan fingerprint density at radius 3 is 2.38 bits per heavy atom. The molecule has 0 saturated heterocycles. The number of nitro groups is 1. The topological polar surface area (TPSA) is 98.3 Å². The van der Waals surface area contributed by atoms with E-state index in [1.165, 1.54) is 6.07 Å². The van der Waals surface area contributed by atoms with Crippen LogP contribution in [0.15, 0.2) is 12.1 Å². The molecule has 1 atom stereocenters. The van der Waals surface area contributed by atoms with Crippen LogP contribution < -0.4 is 11.1 Å². The predicted octanol–water partition coefficient (Wildman–Crippen LogP) is 2.91. The van der Waals surface area contributed by atoms with Crippen LogP contribution in [0.25, 0.3) is 0 Å². The van der Waals surface area contributed by atoms with E-state index in [9.17, 15) is 14.9 Å². The molecule has 0 saturated carbocycles. The van der Waals surface area contributed by atoms with Crippen LogP contribution in [-0.2, 0) is 4.79 Å². The highest BCUT2D eigenvalue weighted by atomic mass is 16.6. The maximum Gasteiger partial charge on any atom is 0.274 e. The lowest BCUT2D eigenvalue weighted by Crippen LogP contribution is -2.38. The molecule has 0 aliphatic rings. The van der Waals surface area contributed by atoms with Crippen LogP contribution in [0.1, 0.15) is 38.3 Å². The molecule has 0 fully saturated rings. The third-order valence-corrected chi connectivity index (χ3v) is 3.53. The van der Waals surface area contributed by atoms with E-state index in [4.69, 9.17) is 5.73 Å². The SMILES string of the molecule is Cc1cc(C)c([N+](=O)[O-])cc1NC(=O)CC(N)C(C)(C)C. The van der Waals surface area contributed by atoms with E-state index >= 15 is 0 Å². The van der Waals surface area contributed by atoms with Crippen LogP contribution >= 0.6 is 0 Å². The van der Waals surface area contributed by atoms with Crippen LogP contribution in [0, 0.1) is 29.4 Å². The Balaban J connectivity index is 2.91. The van der Waals surface area contributed by atoms with Gasteiger partial charge in [0.05, 0.1) is 10.6 Å². The zero-order valence-corrected chi connectivity index (χ0v) is 13.2. The van der Waals surface area contributed by atoms with Gasteiger partial charge in [-0.25, -0.2) is 0 Å². The lowest BCUT2D eigenvalue weighted by atomic mass is 9.85. The number of hydrogen-bond donors (Lipinski definition) is 2. The van der Waals surface area contributed by atoms with Crippen molar-refractivity contribution in [3.63, 3.8) is 0 Å². The Morgan fingerprint density at radius 2 is 1.90 bits per heavy atom. The van der Waals surface area contributed by atoms with E-state index in [1.54, 1.807) is 19.9 Å². The third kappa shape index (κ3) is 4.53. The standard InChI is InChI=1S/C15H23N3O3/c1-9-6-10(2)12(18(20)21)7-11(9)17-14(19)8-13(16)15(3,4)5/h6-7,13H,8,16H2,1-5H3,(H,17,19). The first-order chi connectivity index (χ1) is 9.52. The van der Waals surface area contributed by atoms with Gasteiger partial charge in [0.15, 0.2) is 0 Å². The number of nitrogens with zero attached hydrogens (tertiary/aromatic N) is 1. The molecule has 116 valence electrons. The fourth-order valence-electron chi connectivity index (χ4n) is 1.88. The summed E-state index contributed by atoms with van der Waals surface area (Å²) < 4.78 is 0. The molecule has 1 aromatic carbocycles. The summed E-state index contributed by atoms with van der Waals surface area (Å²) in [6, 6.07) is 2.81. The molecule has 6 heteroatoms. The zero-order chi connectivity index (χ0) is 16.4. The molecular weight excluding hydrogens is 270 g/mol. The lowest BCUT2D eigenvalue weighted by molar-refractivity contribution is -0.385. The lowest BCUT2D eigenvalue weighted by Gasteiger charge is -2.26. The minimum absolute atomic E-state index is 0.00369. The number of amides is 1. The van der Waals surface area contributed by atoms with Crippen molar-refractivity contribution in [1.29, 1.82) is 0 Å². The number of rotatable bonds is 4. The van der Waals surface area contributed by atoms with Gasteiger partial charge in [0.1, 0.15) is 0 Å². The molecule has 1 rings (SSSR count). The monoisotopic (exact) mass is 293 g/mol. The van der Waals surface area contributed by atoms with Crippen molar-refractivity contribution in [2.75, 3.05) is 5.32 Å². The highest BCUT2D eigenvalue weighted by Crippen LogP contribution is 2.27. The first kappa shape index (κ1) is 17.1.